The SMILES string of the molecule is Cc1ccc(/C=N\NC(=O)[C@H]2CCCN(S(C)(=O)=O)C2)cc1. The zero-order valence-corrected chi connectivity index (χ0v) is 13.6. The number of nitrogens with one attached hydrogen (secondary N) is 1. The average Bonchev–Trinajstić information content (AvgIpc) is 2.48. The summed E-state index contributed by atoms with van der Waals surface area (Å²) in [5, 5.41) is 3.94. The van der Waals surface area contributed by atoms with Gasteiger partial charge in [0.1, 0.15) is 0 Å². The van der Waals surface area contributed by atoms with E-state index in [4.69, 9.17) is 0 Å². The lowest BCUT2D eigenvalue weighted by atomic mass is 9.99. The second-order valence-electron chi connectivity index (χ2n) is 5.61. The Balaban J connectivity index is 1.90. The summed E-state index contributed by atoms with van der Waals surface area (Å²) in [5.41, 5.74) is 4.55. The highest BCUT2D eigenvalue weighted by atomic mass is 32.2. The molecule has 2 rings (SSSR count). The Hall–Kier alpha value is -1.73. The Morgan fingerprint density at radius 1 is 1.36 bits per heavy atom. The van der Waals surface area contributed by atoms with E-state index in [2.05, 4.69) is 10.5 Å². The standard InChI is InChI=1S/C15H21N3O3S/c1-12-5-7-13(8-6-12)10-16-17-15(19)14-4-3-9-18(11-14)22(2,20)21/h5-8,10,14H,3-4,9,11H2,1-2H3,(H,17,19)/b16-10-/t14-/m0/s1. The monoisotopic (exact) mass is 323 g/mol. The van der Waals surface area contributed by atoms with Gasteiger partial charge < -0.3 is 0 Å². The van der Waals surface area contributed by atoms with E-state index in [9.17, 15) is 13.2 Å². The molecule has 0 saturated carbocycles. The quantitative estimate of drug-likeness (QED) is 0.666. The number of nitrogens with zero attached hydrogens (tertiary/aromatic N) is 2. The van der Waals surface area contributed by atoms with Crippen LogP contribution in [0.2, 0.25) is 0 Å². The Bertz CT molecular complexity index is 653. The minimum Gasteiger partial charge on any atom is -0.273 e. The Labute approximate surface area is 131 Å². The van der Waals surface area contributed by atoms with E-state index in [0.29, 0.717) is 19.4 Å². The van der Waals surface area contributed by atoms with Gasteiger partial charge in [-0.25, -0.2) is 18.1 Å². The third kappa shape index (κ3) is 4.64. The normalized spacial score (nSPS) is 20.2. The van der Waals surface area contributed by atoms with Gasteiger partial charge in [0.2, 0.25) is 15.9 Å². The van der Waals surface area contributed by atoms with Crippen molar-refractivity contribution < 1.29 is 13.2 Å². The zero-order chi connectivity index (χ0) is 16.2. The minimum atomic E-state index is -3.24. The van der Waals surface area contributed by atoms with Crippen molar-refractivity contribution in [3.8, 4) is 0 Å². The highest BCUT2D eigenvalue weighted by Gasteiger charge is 2.29. The van der Waals surface area contributed by atoms with Crippen LogP contribution in [0.4, 0.5) is 0 Å². The second kappa shape index (κ2) is 7.02. The van der Waals surface area contributed by atoms with Gasteiger partial charge in [0.05, 0.1) is 18.4 Å². The summed E-state index contributed by atoms with van der Waals surface area (Å²) in [5.74, 6) is -0.588. The summed E-state index contributed by atoms with van der Waals surface area (Å²) in [6, 6.07) is 7.76. The van der Waals surface area contributed by atoms with Crippen LogP contribution in [0.15, 0.2) is 29.4 Å². The summed E-state index contributed by atoms with van der Waals surface area (Å²) >= 11 is 0. The minimum absolute atomic E-state index is 0.227. The predicted octanol–water partition coefficient (Wildman–Crippen LogP) is 1.12. The molecule has 0 bridgehead atoms. The van der Waals surface area contributed by atoms with Crippen molar-refractivity contribution in [3.63, 3.8) is 0 Å². The van der Waals surface area contributed by atoms with Crippen LogP contribution in [0.1, 0.15) is 24.0 Å². The van der Waals surface area contributed by atoms with Gasteiger partial charge in [0.25, 0.3) is 0 Å². The van der Waals surface area contributed by atoms with Crippen LogP contribution in [0.3, 0.4) is 0 Å². The largest absolute Gasteiger partial charge is 0.273 e. The molecule has 0 aliphatic carbocycles. The topological polar surface area (TPSA) is 78.8 Å². The first kappa shape index (κ1) is 16.6. The molecule has 0 spiro atoms. The summed E-state index contributed by atoms with van der Waals surface area (Å²) in [6.45, 7) is 2.71. The number of benzene rings is 1. The molecule has 1 N–H and O–H groups in total. The molecule has 0 radical (unpaired) electrons. The van der Waals surface area contributed by atoms with Crippen molar-refractivity contribution in [2.75, 3.05) is 19.3 Å². The third-order valence-corrected chi connectivity index (χ3v) is 4.96. The molecular formula is C15H21N3O3S. The molecule has 1 heterocycles. The molecule has 1 aliphatic heterocycles. The summed E-state index contributed by atoms with van der Waals surface area (Å²) in [6.07, 6.45) is 4.11. The van der Waals surface area contributed by atoms with E-state index >= 15 is 0 Å². The van der Waals surface area contributed by atoms with Gasteiger partial charge in [0, 0.05) is 13.1 Å². The van der Waals surface area contributed by atoms with E-state index in [1.54, 1.807) is 6.21 Å². The molecule has 1 aromatic rings. The molecule has 120 valence electrons. The van der Waals surface area contributed by atoms with Gasteiger partial charge in [-0.05, 0) is 25.3 Å². The first-order valence-electron chi connectivity index (χ1n) is 7.21. The fourth-order valence-corrected chi connectivity index (χ4v) is 3.28. The Morgan fingerprint density at radius 2 is 2.05 bits per heavy atom. The number of carbonyl (C=O) groups excluding carboxylic acids is 1. The van der Waals surface area contributed by atoms with Crippen LogP contribution >= 0.6 is 0 Å². The maximum absolute atomic E-state index is 12.1. The number of hydrogen-bond donors (Lipinski definition) is 1. The molecule has 0 unspecified atom stereocenters. The molecule has 1 fully saturated rings. The summed E-state index contributed by atoms with van der Waals surface area (Å²) in [4.78, 5) is 12.1. The zero-order valence-electron chi connectivity index (χ0n) is 12.8. The molecule has 1 aliphatic rings. The van der Waals surface area contributed by atoms with Crippen LogP contribution in [0.5, 0.6) is 0 Å². The van der Waals surface area contributed by atoms with Crippen LogP contribution < -0.4 is 5.43 Å². The number of aryl methyl sites for hydroxylation is 1. The fraction of sp³-hybridized carbons (Fsp3) is 0.467. The molecule has 6 nitrogen and oxygen atoms in total. The van der Waals surface area contributed by atoms with E-state index in [-0.39, 0.29) is 18.4 Å². The third-order valence-electron chi connectivity index (χ3n) is 3.69. The van der Waals surface area contributed by atoms with Crippen molar-refractivity contribution in [3.05, 3.63) is 35.4 Å². The first-order valence-corrected chi connectivity index (χ1v) is 9.06. The smallest absolute Gasteiger partial charge is 0.244 e. The van der Waals surface area contributed by atoms with Crippen molar-refractivity contribution in [1.82, 2.24) is 9.73 Å². The van der Waals surface area contributed by atoms with Crippen molar-refractivity contribution >= 4 is 22.1 Å². The highest BCUT2D eigenvalue weighted by molar-refractivity contribution is 7.88. The number of piperidine rings is 1. The molecule has 7 heteroatoms. The molecule has 1 saturated heterocycles. The van der Waals surface area contributed by atoms with E-state index in [0.717, 1.165) is 11.1 Å². The number of amides is 1. The molecular weight excluding hydrogens is 302 g/mol. The van der Waals surface area contributed by atoms with E-state index < -0.39 is 10.0 Å². The highest BCUT2D eigenvalue weighted by Crippen LogP contribution is 2.18. The van der Waals surface area contributed by atoms with E-state index in [1.165, 1.54) is 10.6 Å². The summed E-state index contributed by atoms with van der Waals surface area (Å²) < 4.78 is 24.4. The lowest BCUT2D eigenvalue weighted by molar-refractivity contribution is -0.126. The van der Waals surface area contributed by atoms with Gasteiger partial charge in [-0.15, -0.1) is 0 Å². The number of rotatable bonds is 4. The number of carbonyl (C=O) groups is 1. The van der Waals surface area contributed by atoms with Gasteiger partial charge in [0.15, 0.2) is 0 Å². The van der Waals surface area contributed by atoms with Crippen molar-refractivity contribution in [2.45, 2.75) is 19.8 Å². The molecule has 1 amide bonds. The molecule has 1 aromatic carbocycles. The number of sulfonamides is 1. The molecule has 1 atom stereocenters. The summed E-state index contributed by atoms with van der Waals surface area (Å²) in [7, 11) is -3.24. The maximum atomic E-state index is 12.1. The molecule has 22 heavy (non-hydrogen) atoms. The van der Waals surface area contributed by atoms with Crippen LogP contribution in [-0.2, 0) is 14.8 Å². The van der Waals surface area contributed by atoms with Crippen LogP contribution in [0, 0.1) is 12.8 Å². The van der Waals surface area contributed by atoms with Gasteiger partial charge in [-0.1, -0.05) is 29.8 Å². The lowest BCUT2D eigenvalue weighted by Gasteiger charge is -2.29. The van der Waals surface area contributed by atoms with Crippen molar-refractivity contribution in [2.24, 2.45) is 11.0 Å². The van der Waals surface area contributed by atoms with E-state index in [1.807, 2.05) is 31.2 Å². The van der Waals surface area contributed by atoms with Gasteiger partial charge in [-0.3, -0.25) is 4.79 Å². The Morgan fingerprint density at radius 3 is 2.68 bits per heavy atom. The lowest BCUT2D eigenvalue weighted by Crippen LogP contribution is -2.44. The second-order valence-corrected chi connectivity index (χ2v) is 7.59. The first-order chi connectivity index (χ1) is 10.4. The van der Waals surface area contributed by atoms with Crippen LogP contribution in [-0.4, -0.2) is 44.2 Å². The number of hydrazone groups is 1. The number of hydrogen-bond acceptors (Lipinski definition) is 4. The van der Waals surface area contributed by atoms with Gasteiger partial charge >= 0.3 is 0 Å². The molecule has 0 aromatic heterocycles. The fourth-order valence-electron chi connectivity index (χ4n) is 2.37. The average molecular weight is 323 g/mol. The maximum Gasteiger partial charge on any atom is 0.244 e. The van der Waals surface area contributed by atoms with Gasteiger partial charge in [-0.2, -0.15) is 5.10 Å². The Kier molecular flexibility index (Phi) is 5.31. The van der Waals surface area contributed by atoms with Crippen LogP contribution in [0.25, 0.3) is 0 Å². The predicted molar refractivity (Wildman–Crippen MR) is 86.1 cm³/mol. The van der Waals surface area contributed by atoms with Crippen molar-refractivity contribution in [1.29, 1.82) is 0 Å².